The van der Waals surface area contributed by atoms with Crippen LogP contribution in [0.5, 0.6) is 11.5 Å². The van der Waals surface area contributed by atoms with Crippen LogP contribution in [0.3, 0.4) is 0 Å². The fraction of sp³-hybridized carbons (Fsp3) is 0.150. The first-order valence-electron chi connectivity index (χ1n) is 8.48. The third-order valence-electron chi connectivity index (χ3n) is 4.69. The Morgan fingerprint density at radius 1 is 1.15 bits per heavy atom. The molecule has 27 heavy (non-hydrogen) atoms. The summed E-state index contributed by atoms with van der Waals surface area (Å²) in [5.74, 6) is 1.71. The molecule has 7 heteroatoms. The number of fused-ring (bicyclic) bond motifs is 2. The van der Waals surface area contributed by atoms with Gasteiger partial charge in [-0.3, -0.25) is 4.79 Å². The fourth-order valence-electron chi connectivity index (χ4n) is 3.43. The monoisotopic (exact) mass is 382 g/mol. The molecular formula is C20H15ClN2O4. The first-order valence-corrected chi connectivity index (χ1v) is 8.86. The van der Waals surface area contributed by atoms with Gasteiger partial charge in [-0.25, -0.2) is 0 Å². The summed E-state index contributed by atoms with van der Waals surface area (Å²) >= 11 is 6.37. The van der Waals surface area contributed by atoms with E-state index in [0.717, 1.165) is 11.3 Å². The number of amides is 1. The van der Waals surface area contributed by atoms with Crippen LogP contribution in [0.4, 0.5) is 5.69 Å². The molecule has 0 saturated heterocycles. The van der Waals surface area contributed by atoms with E-state index in [2.05, 4.69) is 5.32 Å². The van der Waals surface area contributed by atoms with Crippen molar-refractivity contribution in [2.24, 2.45) is 0 Å². The van der Waals surface area contributed by atoms with Crippen molar-refractivity contribution in [3.63, 3.8) is 0 Å². The second-order valence-corrected chi connectivity index (χ2v) is 6.75. The number of rotatable bonds is 3. The molecule has 1 amide bonds. The normalized spacial score (nSPS) is 17.6. The van der Waals surface area contributed by atoms with Gasteiger partial charge in [-0.15, -0.1) is 0 Å². The third-order valence-corrected chi connectivity index (χ3v) is 4.97. The average molecular weight is 383 g/mol. The molecule has 2 aliphatic rings. The van der Waals surface area contributed by atoms with Crippen LogP contribution < -0.4 is 14.8 Å². The van der Waals surface area contributed by atoms with Crippen molar-refractivity contribution < 1.29 is 18.7 Å². The summed E-state index contributed by atoms with van der Waals surface area (Å²) in [5, 5.41) is 3.88. The molecule has 1 N–H and O–H groups in total. The Morgan fingerprint density at radius 2 is 2.04 bits per heavy atom. The van der Waals surface area contributed by atoms with E-state index >= 15 is 0 Å². The van der Waals surface area contributed by atoms with Gasteiger partial charge in [-0.1, -0.05) is 23.7 Å². The molecule has 0 spiro atoms. The quantitative estimate of drug-likeness (QED) is 0.726. The number of para-hydroxylation sites is 1. The zero-order valence-electron chi connectivity index (χ0n) is 14.1. The van der Waals surface area contributed by atoms with Gasteiger partial charge in [-0.05, 0) is 36.4 Å². The lowest BCUT2D eigenvalue weighted by atomic mass is 10.0. The Hall–Kier alpha value is -3.12. The van der Waals surface area contributed by atoms with E-state index in [1.807, 2.05) is 36.4 Å². The first kappa shape index (κ1) is 16.1. The predicted molar refractivity (Wildman–Crippen MR) is 99.0 cm³/mol. The highest BCUT2D eigenvalue weighted by atomic mass is 35.5. The zero-order valence-corrected chi connectivity index (χ0v) is 14.9. The maximum absolute atomic E-state index is 13.2. The lowest BCUT2D eigenvalue weighted by Gasteiger charge is -2.37. The Bertz CT molecular complexity index is 1020. The summed E-state index contributed by atoms with van der Waals surface area (Å²) in [6.07, 6.45) is 1.17. The van der Waals surface area contributed by atoms with Gasteiger partial charge < -0.3 is 24.1 Å². The second kappa shape index (κ2) is 6.25. The van der Waals surface area contributed by atoms with E-state index in [1.165, 1.54) is 0 Å². The highest BCUT2D eigenvalue weighted by Gasteiger charge is 2.34. The number of carbonyl (C=O) groups is 1. The van der Waals surface area contributed by atoms with Crippen LogP contribution in [0.1, 0.15) is 27.8 Å². The number of halogens is 1. The van der Waals surface area contributed by atoms with Crippen LogP contribution in [-0.2, 0) is 6.54 Å². The molecule has 6 nitrogen and oxygen atoms in total. The van der Waals surface area contributed by atoms with Crippen LogP contribution in [0, 0.1) is 0 Å². The lowest BCUT2D eigenvalue weighted by molar-refractivity contribution is 0.0651. The third kappa shape index (κ3) is 2.69. The molecule has 1 aromatic heterocycles. The van der Waals surface area contributed by atoms with Crippen LogP contribution in [0.25, 0.3) is 0 Å². The van der Waals surface area contributed by atoms with E-state index in [-0.39, 0.29) is 12.7 Å². The molecule has 3 aromatic rings. The van der Waals surface area contributed by atoms with Crippen molar-refractivity contribution in [2.75, 3.05) is 12.1 Å². The number of hydrogen-bond donors (Lipinski definition) is 1. The number of hydrogen-bond acceptors (Lipinski definition) is 5. The molecule has 0 bridgehead atoms. The van der Waals surface area contributed by atoms with E-state index in [1.54, 1.807) is 23.3 Å². The number of anilines is 1. The van der Waals surface area contributed by atoms with Crippen molar-refractivity contribution in [3.8, 4) is 11.5 Å². The summed E-state index contributed by atoms with van der Waals surface area (Å²) in [7, 11) is 0. The molecular weight excluding hydrogens is 368 g/mol. The Kier molecular flexibility index (Phi) is 3.72. The molecule has 2 aliphatic heterocycles. The molecule has 3 heterocycles. The highest BCUT2D eigenvalue weighted by Crippen LogP contribution is 2.43. The second-order valence-electron chi connectivity index (χ2n) is 6.34. The van der Waals surface area contributed by atoms with Crippen LogP contribution >= 0.6 is 11.6 Å². The van der Waals surface area contributed by atoms with Crippen molar-refractivity contribution in [2.45, 2.75) is 12.7 Å². The molecule has 0 aliphatic carbocycles. The Morgan fingerprint density at radius 3 is 2.89 bits per heavy atom. The molecule has 0 saturated carbocycles. The molecule has 1 unspecified atom stereocenters. The van der Waals surface area contributed by atoms with Gasteiger partial charge in [-0.2, -0.15) is 0 Å². The molecule has 0 radical (unpaired) electrons. The molecule has 2 aromatic carbocycles. The fourth-order valence-corrected chi connectivity index (χ4v) is 3.71. The van der Waals surface area contributed by atoms with E-state index in [0.29, 0.717) is 34.4 Å². The summed E-state index contributed by atoms with van der Waals surface area (Å²) in [5.41, 5.74) is 2.20. The SMILES string of the molecule is O=C1c2ccccc2NC(c2cc(Cl)c3c(c2)OCO3)N1Cc1ccco1. The lowest BCUT2D eigenvalue weighted by Crippen LogP contribution is -2.42. The zero-order chi connectivity index (χ0) is 18.4. The van der Waals surface area contributed by atoms with E-state index in [9.17, 15) is 4.79 Å². The number of ether oxygens (including phenoxy) is 2. The minimum Gasteiger partial charge on any atom is -0.467 e. The number of nitrogens with one attached hydrogen (secondary N) is 1. The van der Waals surface area contributed by atoms with Crippen LogP contribution in [-0.4, -0.2) is 17.6 Å². The van der Waals surface area contributed by atoms with Gasteiger partial charge in [0.25, 0.3) is 5.91 Å². The summed E-state index contributed by atoms with van der Waals surface area (Å²) in [6, 6.07) is 14.7. The first-order chi connectivity index (χ1) is 13.2. The largest absolute Gasteiger partial charge is 0.467 e. The molecule has 0 fully saturated rings. The topological polar surface area (TPSA) is 63.9 Å². The van der Waals surface area contributed by atoms with Crippen molar-refractivity contribution in [3.05, 3.63) is 76.7 Å². The van der Waals surface area contributed by atoms with Gasteiger partial charge in [0.05, 0.1) is 23.4 Å². The maximum Gasteiger partial charge on any atom is 0.258 e. The van der Waals surface area contributed by atoms with Crippen LogP contribution in [0.15, 0.2) is 59.2 Å². The number of benzene rings is 2. The van der Waals surface area contributed by atoms with Crippen molar-refractivity contribution >= 4 is 23.2 Å². The van der Waals surface area contributed by atoms with E-state index < -0.39 is 6.17 Å². The van der Waals surface area contributed by atoms with E-state index in [4.69, 9.17) is 25.5 Å². The van der Waals surface area contributed by atoms with Gasteiger partial charge in [0, 0.05) is 11.3 Å². The van der Waals surface area contributed by atoms with Gasteiger partial charge in [0.15, 0.2) is 11.5 Å². The van der Waals surface area contributed by atoms with Gasteiger partial charge >= 0.3 is 0 Å². The smallest absolute Gasteiger partial charge is 0.258 e. The Balaban J connectivity index is 1.60. The molecule has 5 rings (SSSR count). The summed E-state index contributed by atoms with van der Waals surface area (Å²) in [6.45, 7) is 0.457. The van der Waals surface area contributed by atoms with Crippen LogP contribution in [0.2, 0.25) is 5.02 Å². The standard InChI is InChI=1S/C20H15ClN2O4/c21-15-8-12(9-17-18(15)27-11-26-17)19-22-16-6-2-1-5-14(16)20(24)23(19)10-13-4-3-7-25-13/h1-9,19,22H,10-11H2. The average Bonchev–Trinajstić information content (AvgIpc) is 3.35. The summed E-state index contributed by atoms with van der Waals surface area (Å²) < 4.78 is 16.3. The molecule has 136 valence electrons. The highest BCUT2D eigenvalue weighted by molar-refractivity contribution is 6.32. The Labute approximate surface area is 160 Å². The van der Waals surface area contributed by atoms with Crippen molar-refractivity contribution in [1.82, 2.24) is 4.90 Å². The van der Waals surface area contributed by atoms with Gasteiger partial charge in [0.2, 0.25) is 6.79 Å². The molecule has 1 atom stereocenters. The maximum atomic E-state index is 13.2. The minimum atomic E-state index is -0.426. The number of carbonyl (C=O) groups excluding carboxylic acids is 1. The predicted octanol–water partition coefficient (Wildman–Crippen LogP) is 4.43. The van der Waals surface area contributed by atoms with Gasteiger partial charge in [0.1, 0.15) is 11.9 Å². The number of furan rings is 1. The number of nitrogens with zero attached hydrogens (tertiary/aromatic N) is 1. The van der Waals surface area contributed by atoms with Crippen molar-refractivity contribution in [1.29, 1.82) is 0 Å². The summed E-state index contributed by atoms with van der Waals surface area (Å²) in [4.78, 5) is 14.9. The minimum absolute atomic E-state index is 0.0838.